The maximum absolute atomic E-state index is 11.9. The third kappa shape index (κ3) is 7.06. The lowest BCUT2D eigenvalue weighted by Gasteiger charge is -2.18. The lowest BCUT2D eigenvalue weighted by atomic mass is 10.0. The highest BCUT2D eigenvalue weighted by atomic mass is 32.2. The van der Waals surface area contributed by atoms with Crippen LogP contribution in [0, 0.1) is 17.3 Å². The zero-order chi connectivity index (χ0) is 15.2. The van der Waals surface area contributed by atoms with Crippen molar-refractivity contribution < 1.29 is 13.5 Å². The molecule has 0 aromatic carbocycles. The Labute approximate surface area is 125 Å². The van der Waals surface area contributed by atoms with Crippen LogP contribution in [0.3, 0.4) is 0 Å². The van der Waals surface area contributed by atoms with Gasteiger partial charge < -0.3 is 5.11 Å². The van der Waals surface area contributed by atoms with E-state index in [0.29, 0.717) is 13.0 Å². The number of aliphatic hydroxyl groups is 1. The number of aliphatic hydroxyl groups excluding tert-OH is 1. The van der Waals surface area contributed by atoms with Crippen molar-refractivity contribution in [1.82, 2.24) is 4.72 Å². The normalized spacial score (nSPS) is 12.0. The number of thiophene rings is 1. The Kier molecular flexibility index (Phi) is 6.21. The molecule has 0 saturated carbocycles. The third-order valence-corrected chi connectivity index (χ3v) is 4.98. The van der Waals surface area contributed by atoms with Crippen molar-refractivity contribution in [2.45, 2.75) is 33.7 Å². The summed E-state index contributed by atoms with van der Waals surface area (Å²) in [6.45, 7) is 6.03. The molecule has 20 heavy (non-hydrogen) atoms. The highest BCUT2D eigenvalue weighted by Gasteiger charge is 2.21. The largest absolute Gasteiger partial charge is 0.395 e. The van der Waals surface area contributed by atoms with Gasteiger partial charge in [0.05, 0.1) is 12.4 Å². The first-order chi connectivity index (χ1) is 9.22. The third-order valence-electron chi connectivity index (χ3n) is 2.21. The van der Waals surface area contributed by atoms with Gasteiger partial charge in [0.15, 0.2) is 0 Å². The van der Waals surface area contributed by atoms with Gasteiger partial charge in [0.25, 0.3) is 0 Å². The van der Waals surface area contributed by atoms with E-state index in [1.54, 1.807) is 0 Å². The summed E-state index contributed by atoms with van der Waals surface area (Å²) in [5, 5.41) is 10.5. The van der Waals surface area contributed by atoms with Crippen LogP contribution in [0.15, 0.2) is 11.4 Å². The lowest BCUT2D eigenvalue weighted by molar-refractivity contribution is 0.305. The zero-order valence-corrected chi connectivity index (χ0v) is 13.7. The minimum Gasteiger partial charge on any atom is -0.395 e. The van der Waals surface area contributed by atoms with E-state index in [9.17, 15) is 8.42 Å². The zero-order valence-electron chi connectivity index (χ0n) is 12.1. The molecule has 0 atom stereocenters. The van der Waals surface area contributed by atoms with Gasteiger partial charge in [0, 0.05) is 28.8 Å². The maximum Gasteiger partial charge on any atom is 0.212 e. The topological polar surface area (TPSA) is 66.4 Å². The number of hydrogen-bond donors (Lipinski definition) is 2. The maximum atomic E-state index is 11.9. The van der Waals surface area contributed by atoms with E-state index in [1.807, 2.05) is 32.2 Å². The molecule has 0 aliphatic carbocycles. The smallest absolute Gasteiger partial charge is 0.212 e. The van der Waals surface area contributed by atoms with Crippen LogP contribution in [-0.4, -0.2) is 25.9 Å². The van der Waals surface area contributed by atoms with E-state index in [1.165, 1.54) is 11.3 Å². The van der Waals surface area contributed by atoms with E-state index in [4.69, 9.17) is 5.11 Å². The molecule has 0 radical (unpaired) electrons. The first-order valence-corrected chi connectivity index (χ1v) is 8.89. The van der Waals surface area contributed by atoms with E-state index in [2.05, 4.69) is 16.6 Å². The first kappa shape index (κ1) is 17.2. The van der Waals surface area contributed by atoms with E-state index in [-0.39, 0.29) is 17.8 Å². The average molecular weight is 315 g/mol. The van der Waals surface area contributed by atoms with Crippen molar-refractivity contribution in [3.8, 4) is 11.8 Å². The van der Waals surface area contributed by atoms with Crippen molar-refractivity contribution in [3.63, 3.8) is 0 Å². The van der Waals surface area contributed by atoms with Gasteiger partial charge in [-0.25, -0.2) is 13.1 Å². The summed E-state index contributed by atoms with van der Waals surface area (Å²) in [5.74, 6) is 5.87. The molecule has 112 valence electrons. The highest BCUT2D eigenvalue weighted by Crippen LogP contribution is 2.17. The molecule has 1 heterocycles. The van der Waals surface area contributed by atoms with Crippen LogP contribution in [0.2, 0.25) is 0 Å². The summed E-state index contributed by atoms with van der Waals surface area (Å²) >= 11 is 1.47. The van der Waals surface area contributed by atoms with Crippen LogP contribution in [0.1, 0.15) is 37.6 Å². The molecule has 2 N–H and O–H groups in total. The van der Waals surface area contributed by atoms with Crippen molar-refractivity contribution >= 4 is 21.4 Å². The lowest BCUT2D eigenvalue weighted by Crippen LogP contribution is -2.31. The fraction of sp³-hybridized carbons (Fsp3) is 0.571. The summed E-state index contributed by atoms with van der Waals surface area (Å²) in [6.07, 6.45) is 0.448. The van der Waals surface area contributed by atoms with Gasteiger partial charge in [-0.3, -0.25) is 0 Å². The Balaban J connectivity index is 2.57. The van der Waals surface area contributed by atoms with Crippen LogP contribution in [-0.2, 0) is 16.6 Å². The van der Waals surface area contributed by atoms with Crippen LogP contribution < -0.4 is 4.72 Å². The quantitative estimate of drug-likeness (QED) is 0.816. The van der Waals surface area contributed by atoms with Gasteiger partial charge >= 0.3 is 0 Å². The van der Waals surface area contributed by atoms with Gasteiger partial charge in [0.2, 0.25) is 10.0 Å². The summed E-state index contributed by atoms with van der Waals surface area (Å²) in [7, 11) is -3.26. The fourth-order valence-corrected chi connectivity index (χ4v) is 4.03. The molecule has 4 nitrogen and oxygen atoms in total. The molecule has 0 spiro atoms. The van der Waals surface area contributed by atoms with Gasteiger partial charge in [-0.15, -0.1) is 11.3 Å². The average Bonchev–Trinajstić information content (AvgIpc) is 2.72. The van der Waals surface area contributed by atoms with Gasteiger partial charge in [-0.2, -0.15) is 0 Å². The Morgan fingerprint density at radius 2 is 2.10 bits per heavy atom. The molecule has 0 fully saturated rings. The fourth-order valence-electron chi connectivity index (χ4n) is 1.56. The molecule has 1 aromatic rings. The molecular weight excluding hydrogens is 294 g/mol. The summed E-state index contributed by atoms with van der Waals surface area (Å²) in [4.78, 5) is 0.927. The van der Waals surface area contributed by atoms with Gasteiger partial charge in [-0.05, 0) is 11.5 Å². The molecule has 0 unspecified atom stereocenters. The van der Waals surface area contributed by atoms with Crippen LogP contribution in [0.4, 0.5) is 0 Å². The number of sulfonamides is 1. The summed E-state index contributed by atoms with van der Waals surface area (Å²) in [5.41, 5.74) is 0.593. The number of rotatable bonds is 5. The Bertz CT molecular complexity index is 586. The summed E-state index contributed by atoms with van der Waals surface area (Å²) < 4.78 is 26.4. The monoisotopic (exact) mass is 315 g/mol. The minimum absolute atomic E-state index is 0.0522. The minimum atomic E-state index is -3.26. The second-order valence-corrected chi connectivity index (χ2v) is 8.52. The van der Waals surface area contributed by atoms with Crippen molar-refractivity contribution in [3.05, 3.63) is 21.9 Å². The molecule has 0 bridgehead atoms. The SMILES string of the molecule is CC(C)(C)CS(=O)(=O)NCc1cc(C#CCCO)cs1. The molecule has 6 heteroatoms. The molecular formula is C14H21NO3S2. The molecule has 0 amide bonds. The van der Waals surface area contributed by atoms with Crippen molar-refractivity contribution in [2.75, 3.05) is 12.4 Å². The highest BCUT2D eigenvalue weighted by molar-refractivity contribution is 7.89. The second-order valence-electron chi connectivity index (χ2n) is 5.72. The predicted molar refractivity (Wildman–Crippen MR) is 83.0 cm³/mol. The van der Waals surface area contributed by atoms with E-state index in [0.717, 1.165) is 10.4 Å². The molecule has 0 aliphatic rings. The van der Waals surface area contributed by atoms with E-state index < -0.39 is 10.0 Å². The second kappa shape index (κ2) is 7.23. The van der Waals surface area contributed by atoms with Crippen molar-refractivity contribution in [1.29, 1.82) is 0 Å². The summed E-state index contributed by atoms with van der Waals surface area (Å²) in [6, 6.07) is 1.87. The first-order valence-electron chi connectivity index (χ1n) is 6.36. The number of nitrogens with one attached hydrogen (secondary N) is 1. The Morgan fingerprint density at radius 3 is 2.70 bits per heavy atom. The molecule has 1 aromatic heterocycles. The van der Waals surface area contributed by atoms with Crippen LogP contribution in [0.25, 0.3) is 0 Å². The molecule has 0 saturated heterocycles. The van der Waals surface area contributed by atoms with Crippen LogP contribution >= 0.6 is 11.3 Å². The standard InChI is InChI=1S/C14H21NO3S2/c1-14(2,3)11-20(17,18)15-9-13-8-12(10-19-13)6-4-5-7-16/h8,10,15-16H,5,7,9,11H2,1-3H3. The van der Waals surface area contributed by atoms with E-state index >= 15 is 0 Å². The molecule has 0 aliphatic heterocycles. The van der Waals surface area contributed by atoms with Gasteiger partial charge in [0.1, 0.15) is 0 Å². The van der Waals surface area contributed by atoms with Gasteiger partial charge in [-0.1, -0.05) is 32.6 Å². The number of hydrogen-bond acceptors (Lipinski definition) is 4. The Hall–Kier alpha value is -0.870. The van der Waals surface area contributed by atoms with Crippen LogP contribution in [0.5, 0.6) is 0 Å². The predicted octanol–water partition coefficient (Wildman–Crippen LogP) is 1.95. The van der Waals surface area contributed by atoms with Crippen molar-refractivity contribution in [2.24, 2.45) is 5.41 Å². The molecule has 1 rings (SSSR count). The Morgan fingerprint density at radius 1 is 1.40 bits per heavy atom.